The molecule has 0 spiro atoms. The van der Waals surface area contributed by atoms with Crippen LogP contribution in [0.5, 0.6) is 0 Å². The number of amides is 1. The van der Waals surface area contributed by atoms with Crippen molar-refractivity contribution in [3.63, 3.8) is 0 Å². The van der Waals surface area contributed by atoms with Crippen molar-refractivity contribution in [2.75, 3.05) is 26.3 Å². The summed E-state index contributed by atoms with van der Waals surface area (Å²) in [6.07, 6.45) is 2.11. The summed E-state index contributed by atoms with van der Waals surface area (Å²) in [7, 11) is 0. The van der Waals surface area contributed by atoms with Gasteiger partial charge in [0.1, 0.15) is 0 Å². The highest BCUT2D eigenvalue weighted by Gasteiger charge is 2.29. The van der Waals surface area contributed by atoms with Gasteiger partial charge in [0.15, 0.2) is 0 Å². The van der Waals surface area contributed by atoms with E-state index in [2.05, 4.69) is 5.32 Å². The quantitative estimate of drug-likeness (QED) is 0.930. The third-order valence-electron chi connectivity index (χ3n) is 3.99. The van der Waals surface area contributed by atoms with Gasteiger partial charge in [-0.05, 0) is 31.4 Å². The Labute approximate surface area is 128 Å². The fourth-order valence-corrected chi connectivity index (χ4v) is 4.29. The molecule has 1 aromatic heterocycles. The lowest BCUT2D eigenvalue weighted by molar-refractivity contribution is -0.137. The first-order valence-corrected chi connectivity index (χ1v) is 8.25. The zero-order chi connectivity index (χ0) is 14.1. The maximum atomic E-state index is 12.4. The fourth-order valence-electron chi connectivity index (χ4n) is 2.93. The van der Waals surface area contributed by atoms with Crippen molar-refractivity contribution in [2.45, 2.75) is 31.8 Å². The SMILES string of the molecule is CC(NC1CCc2sc(Cl)cc21)C(=O)N1CCOCC1. The van der Waals surface area contributed by atoms with Crippen molar-refractivity contribution >= 4 is 28.8 Å². The number of carbonyl (C=O) groups is 1. The molecule has 4 nitrogen and oxygen atoms in total. The topological polar surface area (TPSA) is 41.6 Å². The number of nitrogens with one attached hydrogen (secondary N) is 1. The summed E-state index contributed by atoms with van der Waals surface area (Å²) in [6.45, 7) is 4.64. The number of carbonyl (C=O) groups excluding carboxylic acids is 1. The molecule has 1 amide bonds. The summed E-state index contributed by atoms with van der Waals surface area (Å²) in [5, 5.41) is 3.46. The van der Waals surface area contributed by atoms with Crippen LogP contribution >= 0.6 is 22.9 Å². The van der Waals surface area contributed by atoms with Crippen LogP contribution in [0.1, 0.15) is 29.8 Å². The van der Waals surface area contributed by atoms with E-state index in [0.29, 0.717) is 26.3 Å². The van der Waals surface area contributed by atoms with Gasteiger partial charge >= 0.3 is 0 Å². The highest BCUT2D eigenvalue weighted by molar-refractivity contribution is 7.16. The molecule has 0 radical (unpaired) electrons. The van der Waals surface area contributed by atoms with E-state index in [0.717, 1.165) is 17.2 Å². The first kappa shape index (κ1) is 14.3. The first-order chi connectivity index (χ1) is 9.65. The lowest BCUT2D eigenvalue weighted by Crippen LogP contribution is -2.49. The Hall–Kier alpha value is -0.620. The Morgan fingerprint density at radius 3 is 3.05 bits per heavy atom. The minimum absolute atomic E-state index is 0.164. The van der Waals surface area contributed by atoms with E-state index in [4.69, 9.17) is 16.3 Å². The molecular weight excluding hydrogens is 296 g/mol. The third-order valence-corrected chi connectivity index (χ3v) is 5.33. The van der Waals surface area contributed by atoms with Crippen LogP contribution in [0, 0.1) is 0 Å². The van der Waals surface area contributed by atoms with Crippen molar-refractivity contribution in [1.82, 2.24) is 10.2 Å². The average Bonchev–Trinajstić information content (AvgIpc) is 2.99. The van der Waals surface area contributed by atoms with Gasteiger partial charge in [0.2, 0.25) is 5.91 Å². The van der Waals surface area contributed by atoms with Crippen molar-refractivity contribution < 1.29 is 9.53 Å². The molecule has 2 heterocycles. The van der Waals surface area contributed by atoms with Crippen molar-refractivity contribution in [3.05, 3.63) is 20.8 Å². The van der Waals surface area contributed by atoms with Crippen molar-refractivity contribution in [2.24, 2.45) is 0 Å². The van der Waals surface area contributed by atoms with E-state index >= 15 is 0 Å². The van der Waals surface area contributed by atoms with E-state index in [1.54, 1.807) is 11.3 Å². The number of morpholine rings is 1. The number of nitrogens with zero attached hydrogens (tertiary/aromatic N) is 1. The summed E-state index contributed by atoms with van der Waals surface area (Å²) in [5.41, 5.74) is 1.28. The number of ether oxygens (including phenoxy) is 1. The van der Waals surface area contributed by atoms with Crippen molar-refractivity contribution in [1.29, 1.82) is 0 Å². The fraction of sp³-hybridized carbons (Fsp3) is 0.643. The number of halogens is 1. The molecule has 1 N–H and O–H groups in total. The number of hydrogen-bond donors (Lipinski definition) is 1. The highest BCUT2D eigenvalue weighted by atomic mass is 35.5. The predicted octanol–water partition coefficient (Wildman–Crippen LogP) is 2.23. The molecule has 2 atom stereocenters. The van der Waals surface area contributed by atoms with Crippen LogP contribution in [0.15, 0.2) is 6.07 Å². The summed E-state index contributed by atoms with van der Waals surface area (Å²) < 4.78 is 6.13. The van der Waals surface area contributed by atoms with Crippen LogP contribution in [0.2, 0.25) is 4.34 Å². The molecule has 1 aliphatic heterocycles. The number of aryl methyl sites for hydroxylation is 1. The third kappa shape index (κ3) is 2.86. The summed E-state index contributed by atoms with van der Waals surface area (Å²) >= 11 is 7.72. The van der Waals surface area contributed by atoms with Gasteiger partial charge in [-0.1, -0.05) is 11.6 Å². The smallest absolute Gasteiger partial charge is 0.239 e. The normalized spacial score (nSPS) is 23.7. The molecule has 1 saturated heterocycles. The van der Waals surface area contributed by atoms with Crippen LogP contribution in [-0.4, -0.2) is 43.2 Å². The molecule has 0 saturated carbocycles. The van der Waals surface area contributed by atoms with Crippen molar-refractivity contribution in [3.8, 4) is 0 Å². The van der Waals surface area contributed by atoms with Gasteiger partial charge in [0, 0.05) is 24.0 Å². The molecule has 110 valence electrons. The molecule has 0 aromatic carbocycles. The average molecular weight is 315 g/mol. The largest absolute Gasteiger partial charge is 0.378 e. The standard InChI is InChI=1S/C14H19ClN2O2S/c1-9(14(18)17-4-6-19-7-5-17)16-11-2-3-12-10(11)8-13(15)20-12/h8-9,11,16H,2-7H2,1H3. The zero-order valence-electron chi connectivity index (χ0n) is 11.5. The Morgan fingerprint density at radius 1 is 1.55 bits per heavy atom. The van der Waals surface area contributed by atoms with E-state index in [-0.39, 0.29) is 18.0 Å². The molecule has 20 heavy (non-hydrogen) atoms. The van der Waals surface area contributed by atoms with E-state index in [1.165, 1.54) is 10.4 Å². The second kappa shape index (κ2) is 6.02. The molecule has 6 heteroatoms. The highest BCUT2D eigenvalue weighted by Crippen LogP contribution is 2.39. The first-order valence-electron chi connectivity index (χ1n) is 7.06. The summed E-state index contributed by atoms with van der Waals surface area (Å²) in [5.74, 6) is 0.170. The van der Waals surface area contributed by atoms with Gasteiger partial charge in [-0.15, -0.1) is 11.3 Å². The molecule has 2 unspecified atom stereocenters. The molecule has 1 fully saturated rings. The van der Waals surface area contributed by atoms with Crippen LogP contribution in [0.3, 0.4) is 0 Å². The van der Waals surface area contributed by atoms with E-state index in [9.17, 15) is 4.79 Å². The molecule has 1 aliphatic carbocycles. The summed E-state index contributed by atoms with van der Waals surface area (Å²) in [6, 6.07) is 2.13. The number of fused-ring (bicyclic) bond motifs is 1. The molecule has 0 bridgehead atoms. The van der Waals surface area contributed by atoms with Gasteiger partial charge in [0.25, 0.3) is 0 Å². The molecular formula is C14H19ClN2O2S. The number of hydrogen-bond acceptors (Lipinski definition) is 4. The number of rotatable bonds is 3. The van der Waals surface area contributed by atoms with E-state index < -0.39 is 0 Å². The van der Waals surface area contributed by atoms with Gasteiger partial charge in [-0.25, -0.2) is 0 Å². The summed E-state index contributed by atoms with van der Waals surface area (Å²) in [4.78, 5) is 15.6. The number of thiophene rings is 1. The Balaban J connectivity index is 1.61. The maximum absolute atomic E-state index is 12.4. The molecule has 3 rings (SSSR count). The molecule has 1 aromatic rings. The van der Waals surface area contributed by atoms with Crippen LogP contribution in [-0.2, 0) is 16.0 Å². The Morgan fingerprint density at radius 2 is 2.30 bits per heavy atom. The lowest BCUT2D eigenvalue weighted by Gasteiger charge is -2.30. The molecule has 2 aliphatic rings. The maximum Gasteiger partial charge on any atom is 0.239 e. The lowest BCUT2D eigenvalue weighted by atomic mass is 10.1. The zero-order valence-corrected chi connectivity index (χ0v) is 13.1. The minimum atomic E-state index is -0.164. The van der Waals surface area contributed by atoms with Gasteiger partial charge in [-0.3, -0.25) is 10.1 Å². The monoisotopic (exact) mass is 314 g/mol. The van der Waals surface area contributed by atoms with Gasteiger partial charge < -0.3 is 9.64 Å². The Kier molecular flexibility index (Phi) is 4.31. The minimum Gasteiger partial charge on any atom is -0.378 e. The van der Waals surface area contributed by atoms with Crippen LogP contribution < -0.4 is 5.32 Å². The van der Waals surface area contributed by atoms with E-state index in [1.807, 2.05) is 17.9 Å². The van der Waals surface area contributed by atoms with Crippen LogP contribution in [0.25, 0.3) is 0 Å². The Bertz CT molecular complexity index is 499. The second-order valence-electron chi connectivity index (χ2n) is 5.35. The van der Waals surface area contributed by atoms with Gasteiger partial charge in [-0.2, -0.15) is 0 Å². The van der Waals surface area contributed by atoms with Crippen LogP contribution in [0.4, 0.5) is 0 Å². The second-order valence-corrected chi connectivity index (χ2v) is 7.11. The van der Waals surface area contributed by atoms with Gasteiger partial charge in [0.05, 0.1) is 23.6 Å². The predicted molar refractivity (Wildman–Crippen MR) is 80.4 cm³/mol.